The number of carbonyl (C=O) groups excluding carboxylic acids is 2. The molecule has 0 spiro atoms. The largest absolute Gasteiger partial charge is 0.496 e. The van der Waals surface area contributed by atoms with Crippen LogP contribution in [-0.2, 0) is 16.1 Å². The summed E-state index contributed by atoms with van der Waals surface area (Å²) in [6, 6.07) is 11.1. The van der Waals surface area contributed by atoms with E-state index in [1.54, 1.807) is 13.2 Å². The number of carbonyl (C=O) groups is 2. The summed E-state index contributed by atoms with van der Waals surface area (Å²) >= 11 is 6.16. The molecule has 0 radical (unpaired) electrons. The summed E-state index contributed by atoms with van der Waals surface area (Å²) in [5.74, 6) is -0.0926. The fourth-order valence-corrected chi connectivity index (χ4v) is 2.88. The van der Waals surface area contributed by atoms with Crippen molar-refractivity contribution in [3.05, 3.63) is 58.1 Å². The van der Waals surface area contributed by atoms with E-state index < -0.39 is 5.91 Å². The van der Waals surface area contributed by atoms with Crippen LogP contribution in [0.4, 0.5) is 5.69 Å². The molecule has 0 bridgehead atoms. The van der Waals surface area contributed by atoms with Crippen LogP contribution in [0.1, 0.15) is 23.1 Å². The molecule has 2 aromatic carbocycles. The first kappa shape index (κ1) is 18.8. The van der Waals surface area contributed by atoms with Gasteiger partial charge in [0.05, 0.1) is 17.8 Å². The fraction of sp³-hybridized carbons (Fsp3) is 0.263. The topological polar surface area (TPSA) is 67.4 Å². The standard InChI is InChI=1S/C19H21ClN2O3/c1-12-8-13(2)19(15(20)9-12)22-18(24)10-17(23)21-11-14-6-4-5-7-16(14)25-3/h4-9H,10-11H2,1-3H3,(H,21,23)(H,22,24). The van der Waals surface area contributed by atoms with E-state index in [0.29, 0.717) is 23.0 Å². The molecule has 2 N–H and O–H groups in total. The number of rotatable bonds is 6. The molecule has 25 heavy (non-hydrogen) atoms. The average molecular weight is 361 g/mol. The molecule has 0 aromatic heterocycles. The van der Waals surface area contributed by atoms with E-state index >= 15 is 0 Å². The number of benzene rings is 2. The molecule has 0 saturated carbocycles. The van der Waals surface area contributed by atoms with E-state index in [4.69, 9.17) is 16.3 Å². The SMILES string of the molecule is COc1ccccc1CNC(=O)CC(=O)Nc1c(C)cc(C)cc1Cl. The van der Waals surface area contributed by atoms with Crippen molar-refractivity contribution in [3.8, 4) is 5.75 Å². The van der Waals surface area contributed by atoms with Crippen molar-refractivity contribution < 1.29 is 14.3 Å². The highest BCUT2D eigenvalue weighted by Crippen LogP contribution is 2.27. The summed E-state index contributed by atoms with van der Waals surface area (Å²) in [6.45, 7) is 4.08. The second-order valence-electron chi connectivity index (χ2n) is 5.75. The minimum absolute atomic E-state index is 0.279. The van der Waals surface area contributed by atoms with Crippen molar-refractivity contribution >= 4 is 29.1 Å². The van der Waals surface area contributed by atoms with E-state index in [1.807, 2.05) is 44.2 Å². The van der Waals surface area contributed by atoms with Crippen molar-refractivity contribution in [3.63, 3.8) is 0 Å². The molecular weight excluding hydrogens is 340 g/mol. The Kier molecular flexibility index (Phi) is 6.42. The van der Waals surface area contributed by atoms with Crippen LogP contribution >= 0.6 is 11.6 Å². The molecule has 0 saturated heterocycles. The van der Waals surface area contributed by atoms with Gasteiger partial charge in [0, 0.05) is 12.1 Å². The second kappa shape index (κ2) is 8.53. The van der Waals surface area contributed by atoms with Gasteiger partial charge in [0.2, 0.25) is 11.8 Å². The quantitative estimate of drug-likeness (QED) is 0.773. The molecule has 0 aliphatic carbocycles. The lowest BCUT2D eigenvalue weighted by atomic mass is 10.1. The van der Waals surface area contributed by atoms with Crippen molar-refractivity contribution in [1.29, 1.82) is 0 Å². The molecule has 0 fully saturated rings. The molecule has 0 aliphatic heterocycles. The average Bonchev–Trinajstić information content (AvgIpc) is 2.56. The third-order valence-electron chi connectivity index (χ3n) is 3.69. The van der Waals surface area contributed by atoms with Gasteiger partial charge in [-0.25, -0.2) is 0 Å². The molecule has 0 heterocycles. The highest BCUT2D eigenvalue weighted by molar-refractivity contribution is 6.34. The van der Waals surface area contributed by atoms with E-state index in [0.717, 1.165) is 16.7 Å². The van der Waals surface area contributed by atoms with Gasteiger partial charge < -0.3 is 15.4 Å². The first-order valence-electron chi connectivity index (χ1n) is 7.86. The summed E-state index contributed by atoms with van der Waals surface area (Å²) in [4.78, 5) is 24.1. The van der Waals surface area contributed by atoms with E-state index in [-0.39, 0.29) is 12.3 Å². The normalized spacial score (nSPS) is 10.2. The lowest BCUT2D eigenvalue weighted by Crippen LogP contribution is -2.28. The van der Waals surface area contributed by atoms with Crippen molar-refractivity contribution in [2.24, 2.45) is 0 Å². The lowest BCUT2D eigenvalue weighted by Gasteiger charge is -2.12. The molecular formula is C19H21ClN2O3. The molecule has 2 rings (SSSR count). The maximum absolute atomic E-state index is 12.1. The molecule has 2 aromatic rings. The number of halogens is 1. The summed E-state index contributed by atoms with van der Waals surface area (Å²) in [6.07, 6.45) is -0.279. The van der Waals surface area contributed by atoms with Gasteiger partial charge in [-0.05, 0) is 37.1 Å². The van der Waals surface area contributed by atoms with Gasteiger partial charge in [0.25, 0.3) is 0 Å². The third kappa shape index (κ3) is 5.22. The van der Waals surface area contributed by atoms with Crippen LogP contribution in [0.25, 0.3) is 0 Å². The maximum Gasteiger partial charge on any atom is 0.233 e. The van der Waals surface area contributed by atoms with Gasteiger partial charge in [-0.15, -0.1) is 0 Å². The first-order chi connectivity index (χ1) is 11.9. The molecule has 2 amide bonds. The van der Waals surface area contributed by atoms with E-state index in [1.165, 1.54) is 0 Å². The third-order valence-corrected chi connectivity index (χ3v) is 3.98. The fourth-order valence-electron chi connectivity index (χ4n) is 2.51. The monoisotopic (exact) mass is 360 g/mol. The number of para-hydroxylation sites is 1. The minimum Gasteiger partial charge on any atom is -0.496 e. The predicted octanol–water partition coefficient (Wildman–Crippen LogP) is 3.61. The molecule has 132 valence electrons. The molecule has 5 nitrogen and oxygen atoms in total. The summed E-state index contributed by atoms with van der Waals surface area (Å²) in [5.41, 5.74) is 3.24. The zero-order valence-corrected chi connectivity index (χ0v) is 15.2. The zero-order chi connectivity index (χ0) is 18.4. The van der Waals surface area contributed by atoms with Crippen molar-refractivity contribution in [2.75, 3.05) is 12.4 Å². The lowest BCUT2D eigenvalue weighted by molar-refractivity contribution is -0.126. The Morgan fingerprint density at radius 3 is 2.52 bits per heavy atom. The van der Waals surface area contributed by atoms with Gasteiger partial charge in [-0.1, -0.05) is 35.9 Å². The smallest absolute Gasteiger partial charge is 0.233 e. The predicted molar refractivity (Wildman–Crippen MR) is 99.0 cm³/mol. The van der Waals surface area contributed by atoms with Gasteiger partial charge in [0.1, 0.15) is 12.2 Å². The van der Waals surface area contributed by atoms with Crippen molar-refractivity contribution in [2.45, 2.75) is 26.8 Å². The maximum atomic E-state index is 12.1. The Bertz CT molecular complexity index is 767. The van der Waals surface area contributed by atoms with Crippen molar-refractivity contribution in [1.82, 2.24) is 5.32 Å². The molecule has 0 unspecified atom stereocenters. The Balaban J connectivity index is 1.91. The number of aryl methyl sites for hydroxylation is 2. The Hall–Kier alpha value is -2.53. The van der Waals surface area contributed by atoms with Crippen LogP contribution < -0.4 is 15.4 Å². The summed E-state index contributed by atoms with van der Waals surface area (Å²) in [5, 5.41) is 5.88. The number of nitrogens with one attached hydrogen (secondary N) is 2. The number of amides is 2. The minimum atomic E-state index is -0.411. The Morgan fingerprint density at radius 2 is 1.84 bits per heavy atom. The van der Waals surface area contributed by atoms with Gasteiger partial charge >= 0.3 is 0 Å². The van der Waals surface area contributed by atoms with Crippen LogP contribution in [0.5, 0.6) is 5.75 Å². The molecule has 0 atom stereocenters. The van der Waals surface area contributed by atoms with Crippen LogP contribution in [0, 0.1) is 13.8 Å². The van der Waals surface area contributed by atoms with E-state index in [2.05, 4.69) is 10.6 Å². The number of anilines is 1. The highest BCUT2D eigenvalue weighted by atomic mass is 35.5. The zero-order valence-electron chi connectivity index (χ0n) is 14.5. The van der Waals surface area contributed by atoms with E-state index in [9.17, 15) is 9.59 Å². The summed E-state index contributed by atoms with van der Waals surface area (Å²) < 4.78 is 5.23. The number of ether oxygens (including phenoxy) is 1. The first-order valence-corrected chi connectivity index (χ1v) is 8.23. The number of methoxy groups -OCH3 is 1. The number of hydrogen-bond acceptors (Lipinski definition) is 3. The van der Waals surface area contributed by atoms with Crippen LogP contribution in [-0.4, -0.2) is 18.9 Å². The Morgan fingerprint density at radius 1 is 1.12 bits per heavy atom. The highest BCUT2D eigenvalue weighted by Gasteiger charge is 2.13. The molecule has 0 aliphatic rings. The van der Waals surface area contributed by atoms with Crippen LogP contribution in [0.3, 0.4) is 0 Å². The van der Waals surface area contributed by atoms with Crippen LogP contribution in [0.15, 0.2) is 36.4 Å². The number of hydrogen-bond donors (Lipinski definition) is 2. The van der Waals surface area contributed by atoms with Gasteiger partial charge in [-0.3, -0.25) is 9.59 Å². The van der Waals surface area contributed by atoms with Gasteiger partial charge in [-0.2, -0.15) is 0 Å². The summed E-state index contributed by atoms with van der Waals surface area (Å²) in [7, 11) is 1.57. The Labute approximate surface area is 152 Å². The van der Waals surface area contributed by atoms with Crippen LogP contribution in [0.2, 0.25) is 5.02 Å². The second-order valence-corrected chi connectivity index (χ2v) is 6.16. The molecule has 6 heteroatoms. The van der Waals surface area contributed by atoms with Gasteiger partial charge in [0.15, 0.2) is 0 Å².